The van der Waals surface area contributed by atoms with Crippen LogP contribution in [0.4, 0.5) is 26.3 Å². The Kier molecular flexibility index (Phi) is 17.9. The predicted molar refractivity (Wildman–Crippen MR) is 154 cm³/mol. The highest BCUT2D eigenvalue weighted by Gasteiger charge is 2.29. The van der Waals surface area contributed by atoms with Gasteiger partial charge in [0.15, 0.2) is 0 Å². The summed E-state index contributed by atoms with van der Waals surface area (Å²) in [5.74, 6) is -6.30. The van der Waals surface area contributed by atoms with Gasteiger partial charge in [0.2, 0.25) is 5.91 Å². The predicted octanol–water partition coefficient (Wildman–Crippen LogP) is 0.457. The number of aromatic amines is 1. The molecule has 0 spiro atoms. The van der Waals surface area contributed by atoms with Gasteiger partial charge in [0, 0.05) is 42.9 Å². The molecule has 17 heteroatoms. The lowest BCUT2D eigenvalue weighted by molar-refractivity contribution is -0.909. The second-order valence-corrected chi connectivity index (χ2v) is 11.9. The molecule has 0 unspecified atom stereocenters. The number of aliphatic hydroxyl groups is 1. The number of alkyl halides is 6. The Morgan fingerprint density at radius 1 is 0.848 bits per heavy atom. The molecular formula is C29H45F6N5O6. The number of para-hydroxylation sites is 1. The normalized spacial score (nSPS) is 12.8. The van der Waals surface area contributed by atoms with Gasteiger partial charge in [-0.15, -0.1) is 0 Å². The van der Waals surface area contributed by atoms with Crippen LogP contribution in [0.25, 0.3) is 10.9 Å². The number of rotatable bonds is 15. The SMILES string of the molecule is C[N+](C)(CCCN)CCC[N+](C)(C)CCCCNC(=O)[C@@H](O)Cc1c[nH]c2ccccc12.O=C([O-])C(F)(F)F.O=C([O-])C(F)(F)F. The quantitative estimate of drug-likeness (QED) is 0.121. The first-order valence-electron chi connectivity index (χ1n) is 14.4. The molecule has 0 bridgehead atoms. The number of aliphatic hydroxyl groups excluding tert-OH is 1. The van der Waals surface area contributed by atoms with Gasteiger partial charge in [-0.25, -0.2) is 0 Å². The number of amides is 1. The summed E-state index contributed by atoms with van der Waals surface area (Å²) in [7, 11) is 9.13. The molecular weight excluding hydrogens is 628 g/mol. The van der Waals surface area contributed by atoms with Gasteiger partial charge in [0.05, 0.1) is 54.4 Å². The minimum atomic E-state index is -5.19. The van der Waals surface area contributed by atoms with Crippen molar-refractivity contribution in [2.75, 3.05) is 67.5 Å². The van der Waals surface area contributed by atoms with E-state index in [-0.39, 0.29) is 5.91 Å². The van der Waals surface area contributed by atoms with Crippen molar-refractivity contribution in [3.05, 3.63) is 36.0 Å². The zero-order valence-corrected chi connectivity index (χ0v) is 26.5. The van der Waals surface area contributed by atoms with E-state index in [1.807, 2.05) is 30.5 Å². The van der Waals surface area contributed by atoms with Crippen molar-refractivity contribution in [1.82, 2.24) is 10.3 Å². The number of H-pyrrole nitrogens is 1. The summed E-state index contributed by atoms with van der Waals surface area (Å²) in [4.78, 5) is 33.0. The standard InChI is InChI=1S/C25H44N5O2.2C2HF3O2/c1-29(2,17-10-18-30(3,4)16-9-13-26)15-8-7-14-27-25(32)24(31)19-21-20-28-23-12-6-5-11-22(21)23;2*3-2(4,5)1(6)7/h5-6,11-12,20,24,28,31H,7-10,13-19,26H2,1-4H3;2*(H,6,7)/q+1;;/p-1/t24-;;/m0../s1. The molecule has 5 N–H and O–H groups in total. The van der Waals surface area contributed by atoms with E-state index in [9.17, 15) is 36.2 Å². The third kappa shape index (κ3) is 18.5. The van der Waals surface area contributed by atoms with Crippen LogP contribution in [0.3, 0.4) is 0 Å². The Bertz CT molecular complexity index is 1190. The van der Waals surface area contributed by atoms with Gasteiger partial charge in [0.25, 0.3) is 0 Å². The first-order chi connectivity index (χ1) is 21.0. The average Bonchev–Trinajstić information content (AvgIpc) is 3.33. The van der Waals surface area contributed by atoms with E-state index in [0.717, 1.165) is 70.9 Å². The maximum absolute atomic E-state index is 12.3. The molecule has 1 aromatic heterocycles. The number of nitrogens with one attached hydrogen (secondary N) is 2. The lowest BCUT2D eigenvalue weighted by Crippen LogP contribution is -2.46. The molecule has 1 heterocycles. The molecule has 0 aliphatic carbocycles. The fourth-order valence-corrected chi connectivity index (χ4v) is 4.27. The minimum Gasteiger partial charge on any atom is -0.542 e. The number of carboxylic acid groups (broad SMARTS) is 2. The number of carbonyl (C=O) groups is 3. The number of nitrogens with zero attached hydrogens (tertiary/aromatic N) is 2. The van der Waals surface area contributed by atoms with E-state index in [1.54, 1.807) is 0 Å². The van der Waals surface area contributed by atoms with E-state index in [4.69, 9.17) is 25.5 Å². The van der Waals surface area contributed by atoms with Crippen molar-refractivity contribution in [2.24, 2.45) is 5.73 Å². The maximum Gasteiger partial charge on any atom is 0.430 e. The molecule has 0 saturated heterocycles. The van der Waals surface area contributed by atoms with Crippen molar-refractivity contribution in [2.45, 2.75) is 50.6 Å². The number of nitrogens with two attached hydrogens (primary N) is 1. The first kappa shape index (κ1) is 42.6. The fraction of sp³-hybridized carbons (Fsp3) is 0.621. The van der Waals surface area contributed by atoms with Gasteiger partial charge in [-0.3, -0.25) is 4.79 Å². The topological polar surface area (TPSA) is 171 Å². The fourth-order valence-electron chi connectivity index (χ4n) is 4.27. The number of carbonyl (C=O) groups excluding carboxylic acids is 3. The molecule has 2 rings (SSSR count). The number of halogens is 6. The number of quaternary nitrogens is 2. The van der Waals surface area contributed by atoms with E-state index in [0.29, 0.717) is 13.0 Å². The Labute approximate surface area is 264 Å². The minimum absolute atomic E-state index is 0.290. The highest BCUT2D eigenvalue weighted by atomic mass is 19.4. The molecule has 0 saturated carbocycles. The van der Waals surface area contributed by atoms with Crippen LogP contribution in [-0.2, 0) is 20.8 Å². The molecule has 46 heavy (non-hydrogen) atoms. The van der Waals surface area contributed by atoms with Crippen LogP contribution in [0.15, 0.2) is 30.5 Å². The summed E-state index contributed by atoms with van der Waals surface area (Å²) in [5.41, 5.74) is 7.63. The number of carboxylic acids is 2. The summed E-state index contributed by atoms with van der Waals surface area (Å²) in [6.07, 6.45) is -4.97. The molecule has 0 radical (unpaired) electrons. The number of unbranched alkanes of at least 4 members (excludes halogenated alkanes) is 1. The molecule has 1 aromatic carbocycles. The van der Waals surface area contributed by atoms with Gasteiger partial charge in [-0.1, -0.05) is 18.2 Å². The Morgan fingerprint density at radius 3 is 1.78 bits per heavy atom. The lowest BCUT2D eigenvalue weighted by atomic mass is 10.1. The number of hydrogen-bond donors (Lipinski definition) is 4. The molecule has 1 amide bonds. The van der Waals surface area contributed by atoms with Crippen LogP contribution in [0.2, 0.25) is 0 Å². The Balaban J connectivity index is 0.00000120. The third-order valence-corrected chi connectivity index (χ3v) is 6.84. The highest BCUT2D eigenvalue weighted by molar-refractivity contribution is 5.85. The monoisotopic (exact) mass is 673 g/mol. The van der Waals surface area contributed by atoms with E-state index in [1.165, 1.54) is 13.0 Å². The number of fused-ring (bicyclic) bond motifs is 1. The van der Waals surface area contributed by atoms with E-state index >= 15 is 0 Å². The van der Waals surface area contributed by atoms with Gasteiger partial charge in [0.1, 0.15) is 18.0 Å². The van der Waals surface area contributed by atoms with E-state index in [2.05, 4.69) is 38.5 Å². The summed E-state index contributed by atoms with van der Waals surface area (Å²) < 4.78 is 65.1. The summed E-state index contributed by atoms with van der Waals surface area (Å²) in [6.45, 7) is 5.92. The van der Waals surface area contributed by atoms with Crippen molar-refractivity contribution in [1.29, 1.82) is 0 Å². The Hall–Kier alpha value is -3.41. The van der Waals surface area contributed by atoms with Crippen molar-refractivity contribution >= 4 is 28.7 Å². The van der Waals surface area contributed by atoms with Crippen LogP contribution in [0.5, 0.6) is 0 Å². The molecule has 11 nitrogen and oxygen atoms in total. The summed E-state index contributed by atoms with van der Waals surface area (Å²) >= 11 is 0. The number of benzene rings is 1. The van der Waals surface area contributed by atoms with Crippen LogP contribution in [-0.4, -0.2) is 123 Å². The van der Waals surface area contributed by atoms with Gasteiger partial charge >= 0.3 is 12.4 Å². The largest absolute Gasteiger partial charge is 0.542 e. The van der Waals surface area contributed by atoms with Gasteiger partial charge in [-0.2, -0.15) is 26.3 Å². The zero-order chi connectivity index (χ0) is 35.8. The van der Waals surface area contributed by atoms with Crippen LogP contribution in [0, 0.1) is 0 Å². The van der Waals surface area contributed by atoms with Crippen molar-refractivity contribution in [3.8, 4) is 0 Å². The maximum atomic E-state index is 12.3. The van der Waals surface area contributed by atoms with Crippen molar-refractivity contribution < 1.29 is 65.0 Å². The zero-order valence-electron chi connectivity index (χ0n) is 26.5. The number of hydrogen-bond acceptors (Lipinski definition) is 7. The Morgan fingerprint density at radius 2 is 1.30 bits per heavy atom. The summed E-state index contributed by atoms with van der Waals surface area (Å²) in [6, 6.07) is 7.93. The van der Waals surface area contributed by atoms with E-state index < -0.39 is 30.4 Å². The molecule has 1 atom stereocenters. The molecule has 0 aliphatic heterocycles. The van der Waals surface area contributed by atoms with Crippen molar-refractivity contribution in [3.63, 3.8) is 0 Å². The highest BCUT2D eigenvalue weighted by Crippen LogP contribution is 2.19. The van der Waals surface area contributed by atoms with Crippen LogP contribution < -0.4 is 21.3 Å². The van der Waals surface area contributed by atoms with Gasteiger partial charge in [-0.05, 0) is 31.0 Å². The second-order valence-electron chi connectivity index (χ2n) is 11.9. The summed E-state index contributed by atoms with van der Waals surface area (Å²) in [5, 5.41) is 31.8. The number of aliphatic carboxylic acids is 2. The second kappa shape index (κ2) is 19.3. The molecule has 2 aromatic rings. The molecule has 0 aliphatic rings. The molecule has 0 fully saturated rings. The van der Waals surface area contributed by atoms with Gasteiger partial charge < -0.3 is 49.9 Å². The first-order valence-corrected chi connectivity index (χ1v) is 14.4. The van der Waals surface area contributed by atoms with Crippen LogP contribution in [0.1, 0.15) is 31.2 Å². The molecule has 264 valence electrons. The average molecular weight is 674 g/mol. The number of aromatic nitrogens is 1. The van der Waals surface area contributed by atoms with Crippen LogP contribution >= 0.6 is 0 Å². The lowest BCUT2D eigenvalue weighted by Gasteiger charge is -2.33. The third-order valence-electron chi connectivity index (χ3n) is 6.84. The smallest absolute Gasteiger partial charge is 0.430 e.